The lowest BCUT2D eigenvalue weighted by Crippen LogP contribution is -2.18. The summed E-state index contributed by atoms with van der Waals surface area (Å²) in [6.45, 7) is 8.05. The molecule has 0 rings (SSSR count). The topological polar surface area (TPSA) is 29.3 Å². The van der Waals surface area contributed by atoms with Gasteiger partial charge in [-0.05, 0) is 25.8 Å². The largest absolute Gasteiger partial charge is 0.378 e. The van der Waals surface area contributed by atoms with E-state index < -0.39 is 0 Å². The van der Waals surface area contributed by atoms with E-state index in [0.29, 0.717) is 0 Å². The SMILES string of the molecule is C=C(CC)N(C)CCCCCN. The van der Waals surface area contributed by atoms with Crippen molar-refractivity contribution in [2.24, 2.45) is 5.73 Å². The molecular weight excluding hydrogens is 148 g/mol. The standard InChI is InChI=1S/C10H22N2/c1-4-10(2)12(3)9-7-5-6-8-11/h2,4-9,11H2,1,3H3. The highest BCUT2D eigenvalue weighted by atomic mass is 15.1. The predicted octanol–water partition coefficient (Wildman–Crippen LogP) is 1.97. The number of allylic oxidation sites excluding steroid dienone is 1. The zero-order valence-electron chi connectivity index (χ0n) is 8.47. The van der Waals surface area contributed by atoms with E-state index in [1.54, 1.807) is 0 Å². The molecule has 12 heavy (non-hydrogen) atoms. The average Bonchev–Trinajstić information content (AvgIpc) is 2.10. The van der Waals surface area contributed by atoms with Gasteiger partial charge in [-0.3, -0.25) is 0 Å². The van der Waals surface area contributed by atoms with Crippen molar-refractivity contribution in [1.82, 2.24) is 4.90 Å². The smallest absolute Gasteiger partial charge is 0.0171 e. The first-order chi connectivity index (χ1) is 5.72. The van der Waals surface area contributed by atoms with Crippen LogP contribution in [0, 0.1) is 0 Å². The highest BCUT2D eigenvalue weighted by molar-refractivity contribution is 4.90. The van der Waals surface area contributed by atoms with Gasteiger partial charge < -0.3 is 10.6 Å². The molecule has 0 aromatic heterocycles. The maximum absolute atomic E-state index is 5.40. The molecule has 0 amide bonds. The monoisotopic (exact) mass is 170 g/mol. The molecule has 0 unspecified atom stereocenters. The van der Waals surface area contributed by atoms with Crippen LogP contribution >= 0.6 is 0 Å². The van der Waals surface area contributed by atoms with Crippen LogP contribution in [0.2, 0.25) is 0 Å². The van der Waals surface area contributed by atoms with E-state index in [-0.39, 0.29) is 0 Å². The van der Waals surface area contributed by atoms with E-state index >= 15 is 0 Å². The van der Waals surface area contributed by atoms with Crippen molar-refractivity contribution in [1.29, 1.82) is 0 Å². The molecule has 0 aromatic carbocycles. The van der Waals surface area contributed by atoms with Crippen LogP contribution in [0.4, 0.5) is 0 Å². The van der Waals surface area contributed by atoms with Crippen molar-refractivity contribution >= 4 is 0 Å². The van der Waals surface area contributed by atoms with Gasteiger partial charge in [0.2, 0.25) is 0 Å². The molecule has 0 aliphatic heterocycles. The Labute approximate surface area is 76.4 Å². The maximum atomic E-state index is 5.40. The molecule has 2 N–H and O–H groups in total. The summed E-state index contributed by atoms with van der Waals surface area (Å²) in [4.78, 5) is 2.23. The molecule has 2 heteroatoms. The second-order valence-corrected chi connectivity index (χ2v) is 3.19. The Kier molecular flexibility index (Phi) is 6.87. The van der Waals surface area contributed by atoms with Crippen molar-refractivity contribution < 1.29 is 0 Å². The van der Waals surface area contributed by atoms with Gasteiger partial charge in [-0.15, -0.1) is 0 Å². The third-order valence-electron chi connectivity index (χ3n) is 2.15. The van der Waals surface area contributed by atoms with Crippen molar-refractivity contribution in [3.05, 3.63) is 12.3 Å². The van der Waals surface area contributed by atoms with E-state index in [1.165, 1.54) is 18.5 Å². The molecule has 0 aliphatic carbocycles. The van der Waals surface area contributed by atoms with E-state index in [4.69, 9.17) is 5.73 Å². The van der Waals surface area contributed by atoms with Crippen LogP contribution in [0.25, 0.3) is 0 Å². The fourth-order valence-electron chi connectivity index (χ4n) is 1.10. The number of hydrogen-bond acceptors (Lipinski definition) is 2. The van der Waals surface area contributed by atoms with Gasteiger partial charge in [-0.1, -0.05) is 19.9 Å². The number of nitrogens with two attached hydrogens (primary N) is 1. The molecular formula is C10H22N2. The van der Waals surface area contributed by atoms with Crippen LogP contribution in [0.5, 0.6) is 0 Å². The van der Waals surface area contributed by atoms with Crippen LogP contribution < -0.4 is 5.73 Å². The zero-order chi connectivity index (χ0) is 9.40. The zero-order valence-corrected chi connectivity index (χ0v) is 8.47. The lowest BCUT2D eigenvalue weighted by Gasteiger charge is -2.20. The molecule has 0 heterocycles. The minimum Gasteiger partial charge on any atom is -0.378 e. The van der Waals surface area contributed by atoms with E-state index in [9.17, 15) is 0 Å². The molecule has 0 aromatic rings. The number of rotatable bonds is 7. The van der Waals surface area contributed by atoms with Gasteiger partial charge in [0.25, 0.3) is 0 Å². The van der Waals surface area contributed by atoms with Crippen molar-refractivity contribution in [3.63, 3.8) is 0 Å². The van der Waals surface area contributed by atoms with Gasteiger partial charge in [0.1, 0.15) is 0 Å². The maximum Gasteiger partial charge on any atom is 0.0171 e. The third-order valence-corrected chi connectivity index (χ3v) is 2.15. The van der Waals surface area contributed by atoms with Gasteiger partial charge in [0.15, 0.2) is 0 Å². The molecule has 0 saturated carbocycles. The van der Waals surface area contributed by atoms with E-state index in [2.05, 4.69) is 25.5 Å². The van der Waals surface area contributed by atoms with Gasteiger partial charge in [-0.25, -0.2) is 0 Å². The molecule has 0 atom stereocenters. The normalized spacial score (nSPS) is 9.92. The van der Waals surface area contributed by atoms with E-state index in [1.807, 2.05) is 0 Å². The first kappa shape index (κ1) is 11.5. The average molecular weight is 170 g/mol. The summed E-state index contributed by atoms with van der Waals surface area (Å²) in [6.07, 6.45) is 4.66. The second kappa shape index (κ2) is 7.17. The summed E-state index contributed by atoms with van der Waals surface area (Å²) in [7, 11) is 2.11. The molecule has 0 saturated heterocycles. The Balaban J connectivity index is 3.31. The number of nitrogens with zero attached hydrogens (tertiary/aromatic N) is 1. The minimum absolute atomic E-state index is 0.818. The van der Waals surface area contributed by atoms with Gasteiger partial charge in [0, 0.05) is 19.3 Å². The fourth-order valence-corrected chi connectivity index (χ4v) is 1.10. The molecule has 0 radical (unpaired) electrons. The van der Waals surface area contributed by atoms with Crippen molar-refractivity contribution in [2.45, 2.75) is 32.6 Å². The lowest BCUT2D eigenvalue weighted by molar-refractivity contribution is 0.391. The first-order valence-electron chi connectivity index (χ1n) is 4.81. The highest BCUT2D eigenvalue weighted by Gasteiger charge is 1.97. The Hall–Kier alpha value is -0.500. The summed E-state index contributed by atoms with van der Waals surface area (Å²) in [6, 6.07) is 0. The lowest BCUT2D eigenvalue weighted by atomic mass is 10.2. The van der Waals surface area contributed by atoms with Crippen molar-refractivity contribution in [2.75, 3.05) is 20.1 Å². The molecule has 72 valence electrons. The summed E-state index contributed by atoms with van der Waals surface area (Å²) < 4.78 is 0. The summed E-state index contributed by atoms with van der Waals surface area (Å²) in [5.41, 5.74) is 6.62. The van der Waals surface area contributed by atoms with Crippen molar-refractivity contribution in [3.8, 4) is 0 Å². The van der Waals surface area contributed by atoms with Crippen LogP contribution in [0.3, 0.4) is 0 Å². The molecule has 2 nitrogen and oxygen atoms in total. The Morgan fingerprint density at radius 1 is 1.33 bits per heavy atom. The predicted molar refractivity (Wildman–Crippen MR) is 55.0 cm³/mol. The van der Waals surface area contributed by atoms with Crippen LogP contribution in [-0.4, -0.2) is 25.0 Å². The Morgan fingerprint density at radius 3 is 2.50 bits per heavy atom. The fraction of sp³-hybridized carbons (Fsp3) is 0.800. The summed E-state index contributed by atoms with van der Waals surface area (Å²) >= 11 is 0. The van der Waals surface area contributed by atoms with Crippen LogP contribution in [0.15, 0.2) is 12.3 Å². The van der Waals surface area contributed by atoms with Crippen LogP contribution in [0.1, 0.15) is 32.6 Å². The first-order valence-corrected chi connectivity index (χ1v) is 4.81. The minimum atomic E-state index is 0.818. The molecule has 0 fully saturated rings. The Morgan fingerprint density at radius 2 is 2.00 bits per heavy atom. The molecule has 0 aliphatic rings. The van der Waals surface area contributed by atoms with Gasteiger partial charge >= 0.3 is 0 Å². The summed E-state index contributed by atoms with van der Waals surface area (Å²) in [5, 5.41) is 0. The quantitative estimate of drug-likeness (QED) is 0.592. The molecule has 0 bridgehead atoms. The molecule has 0 spiro atoms. The highest BCUT2D eigenvalue weighted by Crippen LogP contribution is 2.05. The van der Waals surface area contributed by atoms with Crippen LogP contribution in [-0.2, 0) is 0 Å². The van der Waals surface area contributed by atoms with Gasteiger partial charge in [0.05, 0.1) is 0 Å². The third kappa shape index (κ3) is 5.19. The summed E-state index contributed by atoms with van der Waals surface area (Å²) in [5.74, 6) is 0. The number of hydrogen-bond donors (Lipinski definition) is 1. The Bertz CT molecular complexity index is 121. The van der Waals surface area contributed by atoms with E-state index in [0.717, 1.165) is 25.9 Å². The number of unbranched alkanes of at least 4 members (excludes halogenated alkanes) is 2. The second-order valence-electron chi connectivity index (χ2n) is 3.19. The van der Waals surface area contributed by atoms with Gasteiger partial charge in [-0.2, -0.15) is 0 Å².